The van der Waals surface area contributed by atoms with Crippen molar-refractivity contribution in [1.82, 2.24) is 0 Å². The van der Waals surface area contributed by atoms with Gasteiger partial charge in [0.15, 0.2) is 5.60 Å². The van der Waals surface area contributed by atoms with Crippen molar-refractivity contribution in [3.63, 3.8) is 0 Å². The van der Waals surface area contributed by atoms with Gasteiger partial charge in [0.25, 0.3) is 0 Å². The summed E-state index contributed by atoms with van der Waals surface area (Å²) in [4.78, 5) is 5.80. The fraction of sp³-hybridized carbons (Fsp3) is 0.316. The second-order valence-electron chi connectivity index (χ2n) is 6.60. The Balaban J connectivity index is 1.61. The third kappa shape index (κ3) is 2.87. The Morgan fingerprint density at radius 2 is 1.92 bits per heavy atom. The molecule has 0 amide bonds. The number of anilines is 1. The van der Waals surface area contributed by atoms with Crippen LogP contribution in [-0.4, -0.2) is 12.3 Å². The minimum absolute atomic E-state index is 0.544. The third-order valence-electron chi connectivity index (χ3n) is 4.71. The van der Waals surface area contributed by atoms with Crippen molar-refractivity contribution < 1.29 is 4.84 Å². The van der Waals surface area contributed by atoms with Gasteiger partial charge in [-0.15, -0.1) is 0 Å². The summed E-state index contributed by atoms with van der Waals surface area (Å²) in [5.74, 6) is 0. The van der Waals surface area contributed by atoms with E-state index in [1.165, 1.54) is 11.3 Å². The zero-order valence-electron chi connectivity index (χ0n) is 13.4. The van der Waals surface area contributed by atoms with E-state index in [9.17, 15) is 0 Å². The lowest BCUT2D eigenvalue weighted by Crippen LogP contribution is -2.22. The SMILES string of the molecule is CC1(c2cc(Cl)cc(Cl)c2)CC(c2ccc3c(c2)CCCN3)=NO1. The summed E-state index contributed by atoms with van der Waals surface area (Å²) in [5, 5.41) is 9.00. The van der Waals surface area contributed by atoms with Crippen molar-refractivity contribution in [3.05, 3.63) is 63.1 Å². The van der Waals surface area contributed by atoms with E-state index in [1.54, 1.807) is 6.07 Å². The fourth-order valence-corrected chi connectivity index (χ4v) is 3.89. The molecule has 2 heterocycles. The summed E-state index contributed by atoms with van der Waals surface area (Å²) in [5.41, 5.74) is 5.06. The van der Waals surface area contributed by atoms with E-state index in [4.69, 9.17) is 28.0 Å². The molecule has 0 bridgehead atoms. The van der Waals surface area contributed by atoms with Crippen molar-refractivity contribution in [1.29, 1.82) is 0 Å². The summed E-state index contributed by atoms with van der Waals surface area (Å²) in [7, 11) is 0. The van der Waals surface area contributed by atoms with Gasteiger partial charge in [0.1, 0.15) is 0 Å². The van der Waals surface area contributed by atoms with E-state index >= 15 is 0 Å². The van der Waals surface area contributed by atoms with E-state index in [-0.39, 0.29) is 0 Å². The number of hydrogen-bond acceptors (Lipinski definition) is 3. The normalized spacial score (nSPS) is 22.4. The predicted molar refractivity (Wildman–Crippen MR) is 99.3 cm³/mol. The molecule has 24 heavy (non-hydrogen) atoms. The molecular weight excluding hydrogens is 343 g/mol. The van der Waals surface area contributed by atoms with Crippen LogP contribution in [0.3, 0.4) is 0 Å². The lowest BCUT2D eigenvalue weighted by molar-refractivity contribution is -0.00737. The molecule has 2 aliphatic rings. The Morgan fingerprint density at radius 3 is 2.71 bits per heavy atom. The first kappa shape index (κ1) is 15.8. The minimum atomic E-state index is -0.544. The highest BCUT2D eigenvalue weighted by Gasteiger charge is 2.37. The predicted octanol–water partition coefficient (Wildman–Crippen LogP) is 5.39. The Morgan fingerprint density at radius 1 is 1.12 bits per heavy atom. The number of nitrogens with one attached hydrogen (secondary N) is 1. The molecule has 1 N–H and O–H groups in total. The molecule has 0 aliphatic carbocycles. The highest BCUT2D eigenvalue weighted by Crippen LogP contribution is 2.38. The van der Waals surface area contributed by atoms with E-state index in [1.807, 2.05) is 19.1 Å². The van der Waals surface area contributed by atoms with Gasteiger partial charge < -0.3 is 10.2 Å². The van der Waals surface area contributed by atoms with E-state index in [0.717, 1.165) is 36.2 Å². The Kier molecular flexibility index (Phi) is 3.93. The molecule has 2 aromatic carbocycles. The molecular formula is C19H18Cl2N2O. The van der Waals surface area contributed by atoms with Crippen molar-refractivity contribution in [2.45, 2.75) is 31.8 Å². The fourth-order valence-electron chi connectivity index (χ4n) is 3.36. The van der Waals surface area contributed by atoms with E-state index < -0.39 is 5.60 Å². The number of rotatable bonds is 2. The van der Waals surface area contributed by atoms with Gasteiger partial charge in [0, 0.05) is 34.3 Å². The highest BCUT2D eigenvalue weighted by molar-refractivity contribution is 6.34. The van der Waals surface area contributed by atoms with Gasteiger partial charge in [-0.05, 0) is 61.2 Å². The van der Waals surface area contributed by atoms with Crippen molar-refractivity contribution in [2.24, 2.45) is 5.16 Å². The van der Waals surface area contributed by atoms with Crippen LogP contribution in [0.2, 0.25) is 10.0 Å². The standard InChI is InChI=1S/C19H18Cl2N2O/c1-19(14-8-15(20)10-16(21)9-14)11-18(23-24-19)13-4-5-17-12(7-13)3-2-6-22-17/h4-5,7-10,22H,2-3,6,11H2,1H3. The summed E-state index contributed by atoms with van der Waals surface area (Å²) >= 11 is 12.3. The molecule has 1 unspecified atom stereocenters. The molecule has 0 aromatic heterocycles. The quantitative estimate of drug-likeness (QED) is 0.778. The summed E-state index contributed by atoms with van der Waals surface area (Å²) in [6, 6.07) is 12.0. The number of halogens is 2. The maximum Gasteiger partial charge on any atom is 0.165 e. The molecule has 0 fully saturated rings. The molecule has 1 atom stereocenters. The zero-order valence-corrected chi connectivity index (χ0v) is 14.9. The summed E-state index contributed by atoms with van der Waals surface area (Å²) in [6.07, 6.45) is 2.96. The van der Waals surface area contributed by atoms with Crippen LogP contribution < -0.4 is 5.32 Å². The molecule has 4 rings (SSSR count). The van der Waals surface area contributed by atoms with E-state index in [2.05, 4.69) is 28.7 Å². The first-order valence-electron chi connectivity index (χ1n) is 8.12. The van der Waals surface area contributed by atoms with Crippen LogP contribution in [0.5, 0.6) is 0 Å². The zero-order chi connectivity index (χ0) is 16.7. The molecule has 2 aliphatic heterocycles. The minimum Gasteiger partial charge on any atom is -0.385 e. The van der Waals surface area contributed by atoms with Crippen LogP contribution in [0, 0.1) is 0 Å². The van der Waals surface area contributed by atoms with Crippen LogP contribution in [0.25, 0.3) is 0 Å². The number of aryl methyl sites for hydroxylation is 1. The monoisotopic (exact) mass is 360 g/mol. The first-order valence-corrected chi connectivity index (χ1v) is 8.88. The molecule has 0 saturated heterocycles. The number of benzene rings is 2. The first-order chi connectivity index (χ1) is 11.5. The maximum absolute atomic E-state index is 6.14. The van der Waals surface area contributed by atoms with Crippen LogP contribution in [0.1, 0.15) is 36.5 Å². The van der Waals surface area contributed by atoms with Gasteiger partial charge in [-0.2, -0.15) is 0 Å². The van der Waals surface area contributed by atoms with Gasteiger partial charge in [-0.3, -0.25) is 0 Å². The average Bonchev–Trinajstić information content (AvgIpc) is 2.97. The molecule has 2 aromatic rings. The Bertz CT molecular complexity index is 814. The van der Waals surface area contributed by atoms with Crippen LogP contribution >= 0.6 is 23.2 Å². The smallest absolute Gasteiger partial charge is 0.165 e. The van der Waals surface area contributed by atoms with Crippen molar-refractivity contribution in [3.8, 4) is 0 Å². The van der Waals surface area contributed by atoms with Gasteiger partial charge in [0.05, 0.1) is 5.71 Å². The van der Waals surface area contributed by atoms with Crippen LogP contribution in [-0.2, 0) is 16.9 Å². The van der Waals surface area contributed by atoms with Gasteiger partial charge in [-0.1, -0.05) is 34.4 Å². The molecule has 5 heteroatoms. The van der Waals surface area contributed by atoms with Crippen molar-refractivity contribution in [2.75, 3.05) is 11.9 Å². The third-order valence-corrected chi connectivity index (χ3v) is 5.15. The number of nitrogens with zero attached hydrogens (tertiary/aromatic N) is 1. The lowest BCUT2D eigenvalue weighted by atomic mass is 9.88. The van der Waals surface area contributed by atoms with Gasteiger partial charge in [0.2, 0.25) is 0 Å². The van der Waals surface area contributed by atoms with Gasteiger partial charge >= 0.3 is 0 Å². The van der Waals surface area contributed by atoms with Gasteiger partial charge in [-0.25, -0.2) is 0 Å². The summed E-state index contributed by atoms with van der Waals surface area (Å²) in [6.45, 7) is 3.06. The second-order valence-corrected chi connectivity index (χ2v) is 7.47. The number of hydrogen-bond donors (Lipinski definition) is 1. The van der Waals surface area contributed by atoms with Crippen LogP contribution in [0.15, 0.2) is 41.6 Å². The van der Waals surface area contributed by atoms with Crippen LogP contribution in [0.4, 0.5) is 5.69 Å². The topological polar surface area (TPSA) is 33.6 Å². The second kappa shape index (κ2) is 5.98. The molecule has 0 saturated carbocycles. The average molecular weight is 361 g/mol. The molecule has 0 spiro atoms. The van der Waals surface area contributed by atoms with Crippen molar-refractivity contribution >= 4 is 34.6 Å². The molecule has 3 nitrogen and oxygen atoms in total. The molecule has 0 radical (unpaired) electrons. The summed E-state index contributed by atoms with van der Waals surface area (Å²) < 4.78 is 0. The number of oxime groups is 1. The Hall–Kier alpha value is -1.71. The maximum atomic E-state index is 6.14. The van der Waals surface area contributed by atoms with E-state index in [0.29, 0.717) is 16.5 Å². The molecule has 124 valence electrons. The Labute approximate surface area is 151 Å². The number of fused-ring (bicyclic) bond motifs is 1. The largest absolute Gasteiger partial charge is 0.385 e. The highest BCUT2D eigenvalue weighted by atomic mass is 35.5. The lowest BCUT2D eigenvalue weighted by Gasteiger charge is -2.22.